The molecule has 104 valence electrons. The van der Waals surface area contributed by atoms with Crippen molar-refractivity contribution in [3.8, 4) is 0 Å². The van der Waals surface area contributed by atoms with Crippen LogP contribution < -0.4 is 0 Å². The number of nitrogens with zero attached hydrogens (tertiary/aromatic N) is 1. The van der Waals surface area contributed by atoms with Gasteiger partial charge < -0.3 is 14.7 Å². The van der Waals surface area contributed by atoms with Crippen LogP contribution in [-0.2, 0) is 16.0 Å². The van der Waals surface area contributed by atoms with Crippen LogP contribution in [-0.4, -0.2) is 47.8 Å². The number of benzene rings is 1. The van der Waals surface area contributed by atoms with Crippen LogP contribution in [0.2, 0.25) is 0 Å². The van der Waals surface area contributed by atoms with Gasteiger partial charge in [-0.25, -0.2) is 0 Å². The maximum atomic E-state index is 12.2. The van der Waals surface area contributed by atoms with Crippen molar-refractivity contribution in [2.24, 2.45) is 0 Å². The lowest BCUT2D eigenvalue weighted by Crippen LogP contribution is -2.50. The molecule has 4 heteroatoms. The normalized spacial score (nSPS) is 23.4. The summed E-state index contributed by atoms with van der Waals surface area (Å²) in [7, 11) is 0. The van der Waals surface area contributed by atoms with E-state index in [9.17, 15) is 4.79 Å². The Morgan fingerprint density at radius 1 is 1.37 bits per heavy atom. The van der Waals surface area contributed by atoms with E-state index in [0.717, 1.165) is 6.42 Å². The third-order valence-corrected chi connectivity index (χ3v) is 3.35. The molecule has 2 rings (SSSR count). The summed E-state index contributed by atoms with van der Waals surface area (Å²) in [6.45, 7) is 3.00. The summed E-state index contributed by atoms with van der Waals surface area (Å²) < 4.78 is 5.53. The third-order valence-electron chi connectivity index (χ3n) is 3.35. The Morgan fingerprint density at radius 3 is 2.79 bits per heavy atom. The molecule has 1 aromatic rings. The van der Waals surface area contributed by atoms with E-state index in [1.807, 2.05) is 37.3 Å². The van der Waals surface area contributed by atoms with Crippen molar-refractivity contribution >= 4 is 5.91 Å². The highest BCUT2D eigenvalue weighted by molar-refractivity contribution is 5.76. The quantitative estimate of drug-likeness (QED) is 0.889. The van der Waals surface area contributed by atoms with Gasteiger partial charge in [0.05, 0.1) is 18.8 Å². The molecule has 1 N–H and O–H groups in total. The largest absolute Gasteiger partial charge is 0.394 e. The minimum absolute atomic E-state index is 0.00780. The van der Waals surface area contributed by atoms with Crippen LogP contribution in [0.15, 0.2) is 30.3 Å². The molecule has 1 saturated heterocycles. The van der Waals surface area contributed by atoms with Crippen molar-refractivity contribution in [2.75, 3.05) is 19.7 Å². The number of carbonyl (C=O) groups is 1. The summed E-state index contributed by atoms with van der Waals surface area (Å²) in [6.07, 6.45) is 1.01. The van der Waals surface area contributed by atoms with E-state index in [4.69, 9.17) is 9.84 Å². The Morgan fingerprint density at radius 2 is 2.11 bits per heavy atom. The van der Waals surface area contributed by atoms with Gasteiger partial charge in [-0.1, -0.05) is 30.3 Å². The predicted octanol–water partition coefficient (Wildman–Crippen LogP) is 1.23. The number of aliphatic hydroxyl groups excluding tert-OH is 1. The van der Waals surface area contributed by atoms with Crippen molar-refractivity contribution in [3.05, 3.63) is 35.9 Å². The van der Waals surface area contributed by atoms with Crippen LogP contribution in [0.1, 0.15) is 18.9 Å². The van der Waals surface area contributed by atoms with Gasteiger partial charge in [-0.2, -0.15) is 0 Å². The highest BCUT2D eigenvalue weighted by Gasteiger charge is 2.27. The van der Waals surface area contributed by atoms with Crippen LogP contribution in [0, 0.1) is 0 Å². The molecule has 1 fully saturated rings. The summed E-state index contributed by atoms with van der Waals surface area (Å²) in [5.41, 5.74) is 1.18. The third kappa shape index (κ3) is 4.04. The van der Waals surface area contributed by atoms with Crippen LogP contribution in [0.3, 0.4) is 0 Å². The molecule has 19 heavy (non-hydrogen) atoms. The number of aryl methyl sites for hydroxylation is 1. The van der Waals surface area contributed by atoms with E-state index >= 15 is 0 Å². The van der Waals surface area contributed by atoms with Gasteiger partial charge >= 0.3 is 0 Å². The fraction of sp³-hybridized carbons (Fsp3) is 0.533. The molecule has 0 aromatic heterocycles. The van der Waals surface area contributed by atoms with E-state index in [0.29, 0.717) is 19.5 Å². The lowest BCUT2D eigenvalue weighted by Gasteiger charge is -2.36. The number of morpholine rings is 1. The van der Waals surface area contributed by atoms with E-state index < -0.39 is 0 Å². The van der Waals surface area contributed by atoms with Crippen LogP contribution in [0.5, 0.6) is 0 Å². The summed E-state index contributed by atoms with van der Waals surface area (Å²) in [5.74, 6) is 0.137. The van der Waals surface area contributed by atoms with Gasteiger partial charge in [0, 0.05) is 19.5 Å². The average molecular weight is 263 g/mol. The standard InChI is InChI=1S/C15H21NO3/c1-12-9-16(10-14(11-17)19-12)15(18)8-7-13-5-3-2-4-6-13/h2-6,12,14,17H,7-11H2,1H3. The SMILES string of the molecule is CC1CN(C(=O)CCc2ccccc2)CC(CO)O1. The van der Waals surface area contributed by atoms with Gasteiger partial charge in [-0.05, 0) is 18.9 Å². The van der Waals surface area contributed by atoms with Gasteiger partial charge in [-0.3, -0.25) is 4.79 Å². The summed E-state index contributed by atoms with van der Waals surface area (Å²) in [5, 5.41) is 9.15. The van der Waals surface area contributed by atoms with Crippen LogP contribution >= 0.6 is 0 Å². The zero-order valence-electron chi connectivity index (χ0n) is 11.3. The van der Waals surface area contributed by atoms with E-state index in [1.54, 1.807) is 4.90 Å². The molecule has 0 saturated carbocycles. The first kappa shape index (κ1) is 14.0. The summed E-state index contributed by atoms with van der Waals surface area (Å²) in [4.78, 5) is 14.0. The molecule has 1 aromatic carbocycles. The Bertz CT molecular complexity index is 407. The zero-order valence-corrected chi connectivity index (χ0v) is 11.3. The monoisotopic (exact) mass is 263 g/mol. The maximum absolute atomic E-state index is 12.2. The molecule has 0 radical (unpaired) electrons. The van der Waals surface area contributed by atoms with Gasteiger partial charge in [0.1, 0.15) is 0 Å². The van der Waals surface area contributed by atoms with Gasteiger partial charge in [0.15, 0.2) is 0 Å². The number of rotatable bonds is 4. The lowest BCUT2D eigenvalue weighted by atomic mass is 10.1. The molecular weight excluding hydrogens is 242 g/mol. The van der Waals surface area contributed by atoms with Crippen molar-refractivity contribution in [1.82, 2.24) is 4.90 Å². The highest BCUT2D eigenvalue weighted by Crippen LogP contribution is 2.13. The Hall–Kier alpha value is -1.39. The molecule has 2 unspecified atom stereocenters. The van der Waals surface area contributed by atoms with E-state index in [-0.39, 0.29) is 24.7 Å². The molecule has 0 spiro atoms. The topological polar surface area (TPSA) is 49.8 Å². The number of hydrogen-bond acceptors (Lipinski definition) is 3. The molecule has 1 amide bonds. The number of aliphatic hydroxyl groups is 1. The second kappa shape index (κ2) is 6.68. The molecule has 2 atom stereocenters. The molecule has 0 bridgehead atoms. The first-order valence-corrected chi connectivity index (χ1v) is 6.77. The minimum Gasteiger partial charge on any atom is -0.394 e. The smallest absolute Gasteiger partial charge is 0.223 e. The first-order valence-electron chi connectivity index (χ1n) is 6.77. The first-order chi connectivity index (χ1) is 9.19. The Balaban J connectivity index is 1.85. The Kier molecular flexibility index (Phi) is 4.93. The van der Waals surface area contributed by atoms with Crippen molar-refractivity contribution in [2.45, 2.75) is 32.0 Å². The van der Waals surface area contributed by atoms with Crippen molar-refractivity contribution in [1.29, 1.82) is 0 Å². The minimum atomic E-state index is -0.246. The fourth-order valence-corrected chi connectivity index (χ4v) is 2.40. The van der Waals surface area contributed by atoms with Crippen molar-refractivity contribution < 1.29 is 14.6 Å². The number of amides is 1. The highest BCUT2D eigenvalue weighted by atomic mass is 16.5. The Labute approximate surface area is 114 Å². The molecule has 1 aliphatic rings. The summed E-state index contributed by atoms with van der Waals surface area (Å²) in [6, 6.07) is 10.0. The molecule has 4 nitrogen and oxygen atoms in total. The lowest BCUT2D eigenvalue weighted by molar-refractivity contribution is -0.147. The van der Waals surface area contributed by atoms with Crippen molar-refractivity contribution in [3.63, 3.8) is 0 Å². The van der Waals surface area contributed by atoms with Crippen LogP contribution in [0.25, 0.3) is 0 Å². The second-order valence-electron chi connectivity index (χ2n) is 5.04. The average Bonchev–Trinajstić information content (AvgIpc) is 2.45. The zero-order chi connectivity index (χ0) is 13.7. The van der Waals surface area contributed by atoms with Gasteiger partial charge in [0.25, 0.3) is 0 Å². The number of ether oxygens (including phenoxy) is 1. The maximum Gasteiger partial charge on any atom is 0.223 e. The number of hydrogen-bond donors (Lipinski definition) is 1. The second-order valence-corrected chi connectivity index (χ2v) is 5.04. The molecule has 0 aliphatic carbocycles. The predicted molar refractivity (Wildman–Crippen MR) is 72.8 cm³/mol. The van der Waals surface area contributed by atoms with Gasteiger partial charge in [0.2, 0.25) is 5.91 Å². The van der Waals surface area contributed by atoms with E-state index in [1.165, 1.54) is 5.56 Å². The van der Waals surface area contributed by atoms with E-state index in [2.05, 4.69) is 0 Å². The fourth-order valence-electron chi connectivity index (χ4n) is 2.40. The van der Waals surface area contributed by atoms with Crippen LogP contribution in [0.4, 0.5) is 0 Å². The number of carbonyl (C=O) groups excluding carboxylic acids is 1. The molecule has 1 aliphatic heterocycles. The summed E-state index contributed by atoms with van der Waals surface area (Å²) >= 11 is 0. The molecular formula is C15H21NO3. The van der Waals surface area contributed by atoms with Gasteiger partial charge in [-0.15, -0.1) is 0 Å². The molecule has 1 heterocycles.